The summed E-state index contributed by atoms with van der Waals surface area (Å²) in [4.78, 5) is 0. The van der Waals surface area contributed by atoms with E-state index in [1.54, 1.807) is 0 Å². The Morgan fingerprint density at radius 1 is 1.58 bits per heavy atom. The number of ether oxygens (including phenoxy) is 1. The zero-order valence-corrected chi connectivity index (χ0v) is 5.93. The van der Waals surface area contributed by atoms with Crippen molar-refractivity contribution in [2.75, 3.05) is 6.61 Å². The van der Waals surface area contributed by atoms with E-state index in [4.69, 9.17) is 10.2 Å². The van der Waals surface area contributed by atoms with Crippen LogP contribution in [0, 0.1) is 0 Å². The smallest absolute Gasteiger partial charge is 0.386 e. The second kappa shape index (κ2) is 2.45. The predicted octanol–water partition coefficient (Wildman–Crippen LogP) is 0.185. The van der Waals surface area contributed by atoms with E-state index in [2.05, 4.69) is 11.3 Å². The van der Waals surface area contributed by atoms with Crippen LogP contribution in [0.15, 0.2) is 12.2 Å². The van der Waals surface area contributed by atoms with Crippen LogP contribution in [0.3, 0.4) is 0 Å². The molecule has 1 heterocycles. The summed E-state index contributed by atoms with van der Waals surface area (Å²) in [6, 6.07) is 0. The Balaban J connectivity index is 2.94. The summed E-state index contributed by atoms with van der Waals surface area (Å²) in [5, 5.41) is 17.7. The van der Waals surface area contributed by atoms with E-state index in [1.807, 2.05) is 0 Å². The molecule has 1 rings (SSSR count). The van der Waals surface area contributed by atoms with Gasteiger partial charge in [0.2, 0.25) is 0 Å². The summed E-state index contributed by atoms with van der Waals surface area (Å²) in [6.45, 7) is 2.32. The molecule has 0 aromatic rings. The van der Waals surface area contributed by atoms with Crippen LogP contribution in [0.25, 0.3) is 0 Å². The molecule has 0 spiro atoms. The van der Waals surface area contributed by atoms with Gasteiger partial charge in [-0.3, -0.25) is 0 Å². The first-order chi connectivity index (χ1) is 5.29. The molecular weight excluding hydrogens is 177 g/mol. The highest BCUT2D eigenvalue weighted by Crippen LogP contribution is 2.41. The number of rotatable bonds is 0. The standard InChI is InChI=1S/C6H7F3O3/c1-3-4(10)2-12-5(3,11)6(7,8)9/h4,10-11H,1-2H2/t4?,5-/m1/s1. The van der Waals surface area contributed by atoms with Gasteiger partial charge in [-0.25, -0.2) is 0 Å². The fraction of sp³-hybridized carbons (Fsp3) is 0.667. The predicted molar refractivity (Wildman–Crippen MR) is 32.1 cm³/mol. The van der Waals surface area contributed by atoms with Crippen LogP contribution in [0.2, 0.25) is 0 Å². The first-order valence-electron chi connectivity index (χ1n) is 3.09. The molecule has 0 aromatic heterocycles. The molecule has 70 valence electrons. The van der Waals surface area contributed by atoms with Crippen molar-refractivity contribution in [3.8, 4) is 0 Å². The van der Waals surface area contributed by atoms with Gasteiger partial charge in [-0.1, -0.05) is 6.58 Å². The van der Waals surface area contributed by atoms with Crippen molar-refractivity contribution >= 4 is 0 Å². The van der Waals surface area contributed by atoms with Crippen molar-refractivity contribution in [3.05, 3.63) is 12.2 Å². The first kappa shape index (κ1) is 9.50. The van der Waals surface area contributed by atoms with Crippen LogP contribution in [0.5, 0.6) is 0 Å². The normalized spacial score (nSPS) is 37.4. The van der Waals surface area contributed by atoms with Crippen LogP contribution < -0.4 is 0 Å². The van der Waals surface area contributed by atoms with Crippen molar-refractivity contribution < 1.29 is 28.1 Å². The molecule has 6 heteroatoms. The highest BCUT2D eigenvalue weighted by atomic mass is 19.4. The Labute approximate surface area is 66.1 Å². The number of hydrogen-bond donors (Lipinski definition) is 2. The molecular formula is C6H7F3O3. The summed E-state index contributed by atoms with van der Waals surface area (Å²) in [5.41, 5.74) is -0.769. The average Bonchev–Trinajstić information content (AvgIpc) is 2.16. The minimum absolute atomic E-state index is 0.588. The van der Waals surface area contributed by atoms with Gasteiger partial charge in [0.1, 0.15) is 6.10 Å². The minimum atomic E-state index is -4.96. The van der Waals surface area contributed by atoms with Gasteiger partial charge in [-0.2, -0.15) is 13.2 Å². The Kier molecular flexibility index (Phi) is 1.94. The zero-order chi connectivity index (χ0) is 9.57. The van der Waals surface area contributed by atoms with E-state index in [-0.39, 0.29) is 0 Å². The highest BCUT2D eigenvalue weighted by Gasteiger charge is 2.62. The molecule has 0 saturated carbocycles. The lowest BCUT2D eigenvalue weighted by Crippen LogP contribution is -2.46. The fourth-order valence-corrected chi connectivity index (χ4v) is 0.883. The van der Waals surface area contributed by atoms with Gasteiger partial charge in [0.15, 0.2) is 0 Å². The Bertz CT molecular complexity index is 213. The third kappa shape index (κ3) is 1.12. The molecule has 1 fully saturated rings. The van der Waals surface area contributed by atoms with Crippen LogP contribution in [0.1, 0.15) is 0 Å². The minimum Gasteiger partial charge on any atom is -0.386 e. The fourth-order valence-electron chi connectivity index (χ4n) is 0.883. The SMILES string of the molecule is C=C1C(O)CO[C@@]1(O)C(F)(F)F. The largest absolute Gasteiger partial charge is 0.447 e. The maximum absolute atomic E-state index is 12.0. The van der Waals surface area contributed by atoms with Crippen LogP contribution in [-0.2, 0) is 4.74 Å². The van der Waals surface area contributed by atoms with Crippen LogP contribution in [0.4, 0.5) is 13.2 Å². The second-order valence-electron chi connectivity index (χ2n) is 2.49. The zero-order valence-electron chi connectivity index (χ0n) is 5.93. The molecule has 0 aliphatic carbocycles. The van der Waals surface area contributed by atoms with E-state index in [0.717, 1.165) is 0 Å². The quantitative estimate of drug-likeness (QED) is 0.528. The third-order valence-corrected chi connectivity index (χ3v) is 1.67. The van der Waals surface area contributed by atoms with Crippen LogP contribution >= 0.6 is 0 Å². The van der Waals surface area contributed by atoms with Gasteiger partial charge in [-0.15, -0.1) is 0 Å². The van der Waals surface area contributed by atoms with Crippen molar-refractivity contribution in [1.82, 2.24) is 0 Å². The lowest BCUT2D eigenvalue weighted by atomic mass is 10.1. The molecule has 2 atom stereocenters. The molecule has 1 aliphatic heterocycles. The number of alkyl halides is 3. The lowest BCUT2D eigenvalue weighted by molar-refractivity contribution is -0.332. The lowest BCUT2D eigenvalue weighted by Gasteiger charge is -2.25. The monoisotopic (exact) mass is 184 g/mol. The van der Waals surface area contributed by atoms with Gasteiger partial charge in [0.25, 0.3) is 5.79 Å². The Hall–Kier alpha value is -0.590. The number of aliphatic hydroxyl groups is 2. The molecule has 2 N–H and O–H groups in total. The molecule has 0 bridgehead atoms. The summed E-state index contributed by atoms with van der Waals surface area (Å²) in [5.74, 6) is -3.38. The topological polar surface area (TPSA) is 49.7 Å². The maximum Gasteiger partial charge on any atom is 0.447 e. The molecule has 0 aromatic carbocycles. The third-order valence-electron chi connectivity index (χ3n) is 1.67. The summed E-state index contributed by atoms with van der Waals surface area (Å²) in [7, 11) is 0. The average molecular weight is 184 g/mol. The van der Waals surface area contributed by atoms with Crippen LogP contribution in [-0.4, -0.2) is 34.9 Å². The van der Waals surface area contributed by atoms with Crippen molar-refractivity contribution in [2.24, 2.45) is 0 Å². The number of halogens is 3. The molecule has 0 radical (unpaired) electrons. The van der Waals surface area contributed by atoms with E-state index in [0.29, 0.717) is 0 Å². The molecule has 1 saturated heterocycles. The van der Waals surface area contributed by atoms with Gasteiger partial charge < -0.3 is 14.9 Å². The summed E-state index contributed by atoms with van der Waals surface area (Å²) >= 11 is 0. The van der Waals surface area contributed by atoms with E-state index in [1.165, 1.54) is 0 Å². The van der Waals surface area contributed by atoms with Gasteiger partial charge in [0, 0.05) is 5.57 Å². The molecule has 3 nitrogen and oxygen atoms in total. The summed E-state index contributed by atoms with van der Waals surface area (Å²) < 4.78 is 40.1. The Morgan fingerprint density at radius 3 is 2.25 bits per heavy atom. The Morgan fingerprint density at radius 2 is 2.08 bits per heavy atom. The van der Waals surface area contributed by atoms with Gasteiger partial charge >= 0.3 is 6.18 Å². The second-order valence-corrected chi connectivity index (χ2v) is 2.49. The first-order valence-corrected chi connectivity index (χ1v) is 3.09. The molecule has 0 amide bonds. The van der Waals surface area contributed by atoms with Gasteiger partial charge in [0.05, 0.1) is 6.61 Å². The van der Waals surface area contributed by atoms with E-state index >= 15 is 0 Å². The molecule has 1 unspecified atom stereocenters. The molecule has 1 aliphatic rings. The van der Waals surface area contributed by atoms with E-state index < -0.39 is 30.2 Å². The van der Waals surface area contributed by atoms with Crippen molar-refractivity contribution in [3.63, 3.8) is 0 Å². The number of hydrogen-bond acceptors (Lipinski definition) is 3. The van der Waals surface area contributed by atoms with Crippen molar-refractivity contribution in [2.45, 2.75) is 18.1 Å². The summed E-state index contributed by atoms with van der Waals surface area (Å²) in [6.07, 6.45) is -6.42. The maximum atomic E-state index is 12.0. The van der Waals surface area contributed by atoms with Gasteiger partial charge in [-0.05, 0) is 0 Å². The van der Waals surface area contributed by atoms with Crippen molar-refractivity contribution in [1.29, 1.82) is 0 Å². The van der Waals surface area contributed by atoms with E-state index in [9.17, 15) is 13.2 Å². The highest BCUT2D eigenvalue weighted by molar-refractivity contribution is 5.20. The number of aliphatic hydroxyl groups excluding tert-OH is 1. The molecule has 12 heavy (non-hydrogen) atoms.